The number of halogens is 6. The number of aromatic nitrogens is 2. The molecule has 12 heteroatoms. The van der Waals surface area contributed by atoms with E-state index in [1.165, 1.54) is 17.9 Å². The van der Waals surface area contributed by atoms with Crippen LogP contribution in [0.3, 0.4) is 0 Å². The molecule has 172 valence electrons. The molecule has 1 amide bonds. The first kappa shape index (κ1) is 21.9. The molecule has 5 rings (SSSR count). The first-order valence-electron chi connectivity index (χ1n) is 9.95. The van der Waals surface area contributed by atoms with Crippen molar-refractivity contribution in [2.75, 3.05) is 26.2 Å². The summed E-state index contributed by atoms with van der Waals surface area (Å²) in [6, 6.07) is 3.42. The highest BCUT2D eigenvalue weighted by Gasteiger charge is 2.74. The van der Waals surface area contributed by atoms with Gasteiger partial charge in [-0.1, -0.05) is 29.3 Å². The van der Waals surface area contributed by atoms with Crippen LogP contribution in [0.1, 0.15) is 36.6 Å². The van der Waals surface area contributed by atoms with Gasteiger partial charge in [-0.2, -0.15) is 8.78 Å². The number of rotatable bonds is 4. The van der Waals surface area contributed by atoms with Gasteiger partial charge in [0.15, 0.2) is 0 Å². The largest absolute Gasteiger partial charge is 0.419 e. The topological polar surface area (TPSA) is 71.3 Å². The zero-order valence-electron chi connectivity index (χ0n) is 16.8. The summed E-state index contributed by atoms with van der Waals surface area (Å²) in [4.78, 5) is 13.9. The minimum absolute atomic E-state index is 0.0137. The lowest BCUT2D eigenvalue weighted by molar-refractivity contribution is -0.152. The lowest BCUT2D eigenvalue weighted by Gasteiger charge is -2.50. The molecule has 2 aromatic rings. The van der Waals surface area contributed by atoms with Crippen LogP contribution in [-0.4, -0.2) is 53.1 Å². The fraction of sp³-hybridized carbons (Fsp3) is 0.550. The average Bonchev–Trinajstić information content (AvgIpc) is 3.12. The van der Waals surface area contributed by atoms with Gasteiger partial charge in [-0.05, 0) is 19.1 Å². The van der Waals surface area contributed by atoms with E-state index in [4.69, 9.17) is 27.6 Å². The second-order valence-corrected chi connectivity index (χ2v) is 9.88. The third-order valence-electron chi connectivity index (χ3n) is 6.88. The number of hydrogen-bond donors (Lipinski definition) is 1. The van der Waals surface area contributed by atoms with Crippen LogP contribution in [0.2, 0.25) is 10.0 Å². The van der Waals surface area contributed by atoms with E-state index in [1.807, 2.05) is 0 Å². The van der Waals surface area contributed by atoms with E-state index in [-0.39, 0.29) is 29.0 Å². The van der Waals surface area contributed by atoms with Crippen LogP contribution in [0, 0.1) is 10.8 Å². The summed E-state index contributed by atoms with van der Waals surface area (Å²) in [6.07, 6.45) is -0.458. The molecule has 1 saturated carbocycles. The van der Waals surface area contributed by atoms with Gasteiger partial charge in [-0.3, -0.25) is 4.79 Å². The van der Waals surface area contributed by atoms with Gasteiger partial charge in [0.05, 0.1) is 16.0 Å². The minimum Gasteiger partial charge on any atom is -0.419 e. The van der Waals surface area contributed by atoms with E-state index in [1.54, 1.807) is 0 Å². The van der Waals surface area contributed by atoms with Crippen LogP contribution in [0.5, 0.6) is 0 Å². The Morgan fingerprint density at radius 3 is 2.56 bits per heavy atom. The Hall–Kier alpha value is -1.91. The fourth-order valence-electron chi connectivity index (χ4n) is 4.64. The number of hydrogen-bond acceptors (Lipinski definition) is 5. The van der Waals surface area contributed by atoms with Crippen LogP contribution in [0.25, 0.3) is 0 Å². The van der Waals surface area contributed by atoms with Crippen molar-refractivity contribution in [3.8, 4) is 0 Å². The Kier molecular flexibility index (Phi) is 4.66. The molecule has 0 radical (unpaired) electrons. The molecule has 1 aliphatic carbocycles. The van der Waals surface area contributed by atoms with Crippen LogP contribution >= 0.6 is 23.2 Å². The van der Waals surface area contributed by atoms with Crippen molar-refractivity contribution in [3.63, 3.8) is 0 Å². The van der Waals surface area contributed by atoms with Crippen molar-refractivity contribution in [1.82, 2.24) is 20.4 Å². The summed E-state index contributed by atoms with van der Waals surface area (Å²) in [5.41, 5.74) is -2.63. The minimum atomic E-state index is -3.59. The van der Waals surface area contributed by atoms with Gasteiger partial charge in [0.1, 0.15) is 5.41 Å². The van der Waals surface area contributed by atoms with Crippen LogP contribution in [0.15, 0.2) is 22.6 Å². The van der Waals surface area contributed by atoms with Crippen molar-refractivity contribution >= 4 is 29.1 Å². The molecular formula is C20H18Cl2F4N4O2. The number of benzene rings is 1. The number of nitrogens with one attached hydrogen (secondary N) is 1. The van der Waals surface area contributed by atoms with Crippen LogP contribution in [0.4, 0.5) is 17.6 Å². The molecule has 1 aromatic carbocycles. The van der Waals surface area contributed by atoms with Gasteiger partial charge in [-0.15, -0.1) is 10.2 Å². The summed E-state index contributed by atoms with van der Waals surface area (Å²) in [5, 5.41) is 10.7. The molecule has 2 aliphatic heterocycles. The van der Waals surface area contributed by atoms with Gasteiger partial charge in [-0.25, -0.2) is 8.78 Å². The van der Waals surface area contributed by atoms with Crippen molar-refractivity contribution < 1.29 is 26.8 Å². The number of alkyl halides is 4. The standard InChI is InChI=1S/C20H18Cl2F4N4O2/c1-17(6-19(17,23)24)16(31)30-8-18(9-30)7-27-5-11(18)14-28-29-15(32-14)20(25,26)10-2-3-12(21)13(22)4-10/h2-4,11,27H,5-9H2,1H3. The highest BCUT2D eigenvalue weighted by Crippen LogP contribution is 2.62. The van der Waals surface area contributed by atoms with Crippen molar-refractivity contribution in [2.24, 2.45) is 10.8 Å². The smallest absolute Gasteiger partial charge is 0.349 e. The summed E-state index contributed by atoms with van der Waals surface area (Å²) in [6.45, 7) is 2.57. The lowest BCUT2D eigenvalue weighted by Crippen LogP contribution is -2.63. The Morgan fingerprint density at radius 2 is 1.94 bits per heavy atom. The van der Waals surface area contributed by atoms with E-state index >= 15 is 0 Å². The molecule has 32 heavy (non-hydrogen) atoms. The van der Waals surface area contributed by atoms with Gasteiger partial charge >= 0.3 is 5.92 Å². The summed E-state index contributed by atoms with van der Waals surface area (Å²) in [7, 11) is 0. The summed E-state index contributed by atoms with van der Waals surface area (Å²) < 4.78 is 62.4. The highest BCUT2D eigenvalue weighted by atomic mass is 35.5. The average molecular weight is 493 g/mol. The SMILES string of the molecule is CC1(C(=O)N2CC3(CNCC3c3nnc(C(F)(F)c4ccc(Cl)c(Cl)c4)o3)C2)CC1(F)F. The zero-order chi connectivity index (χ0) is 23.1. The van der Waals surface area contributed by atoms with Crippen LogP contribution in [-0.2, 0) is 10.7 Å². The summed E-state index contributed by atoms with van der Waals surface area (Å²) in [5.74, 6) is -8.46. The molecule has 3 heterocycles. The Morgan fingerprint density at radius 1 is 1.25 bits per heavy atom. The first-order valence-corrected chi connectivity index (χ1v) is 10.7. The van der Waals surface area contributed by atoms with Crippen molar-refractivity contribution in [2.45, 2.75) is 31.1 Å². The van der Waals surface area contributed by atoms with Crippen molar-refractivity contribution in [3.05, 3.63) is 45.6 Å². The van der Waals surface area contributed by atoms with Gasteiger partial charge in [0.25, 0.3) is 11.8 Å². The summed E-state index contributed by atoms with van der Waals surface area (Å²) >= 11 is 11.7. The number of amides is 1. The maximum absolute atomic E-state index is 14.9. The molecular weight excluding hydrogens is 475 g/mol. The quantitative estimate of drug-likeness (QED) is 0.651. The third-order valence-corrected chi connectivity index (χ3v) is 7.62. The van der Waals surface area contributed by atoms with Crippen molar-refractivity contribution in [1.29, 1.82) is 0 Å². The van der Waals surface area contributed by atoms with Gasteiger partial charge in [0.2, 0.25) is 11.8 Å². The maximum atomic E-state index is 14.9. The monoisotopic (exact) mass is 492 g/mol. The molecule has 2 atom stereocenters. The highest BCUT2D eigenvalue weighted by molar-refractivity contribution is 6.42. The lowest BCUT2D eigenvalue weighted by atomic mass is 9.71. The first-order chi connectivity index (χ1) is 14.9. The predicted octanol–water partition coefficient (Wildman–Crippen LogP) is 4.08. The number of carbonyl (C=O) groups is 1. The van der Waals surface area contributed by atoms with Gasteiger partial charge < -0.3 is 14.6 Å². The Labute approximate surface area is 190 Å². The molecule has 3 aliphatic rings. The molecule has 0 bridgehead atoms. The molecule has 1 N–H and O–H groups in total. The Bertz CT molecular complexity index is 1110. The van der Waals surface area contributed by atoms with E-state index < -0.39 is 52.4 Å². The molecule has 2 unspecified atom stereocenters. The second kappa shape index (κ2) is 6.80. The number of likely N-dealkylation sites (tertiary alicyclic amines) is 1. The zero-order valence-corrected chi connectivity index (χ0v) is 18.3. The van der Waals surface area contributed by atoms with E-state index in [0.717, 1.165) is 12.1 Å². The van der Waals surface area contributed by atoms with E-state index in [9.17, 15) is 22.4 Å². The normalized spacial score (nSPS) is 28.1. The van der Waals surface area contributed by atoms with Crippen LogP contribution < -0.4 is 5.32 Å². The molecule has 3 fully saturated rings. The number of carbonyl (C=O) groups excluding carboxylic acids is 1. The molecule has 2 saturated heterocycles. The van der Waals surface area contributed by atoms with Gasteiger partial charge in [0, 0.05) is 43.6 Å². The van der Waals surface area contributed by atoms with E-state index in [2.05, 4.69) is 15.5 Å². The molecule has 6 nitrogen and oxygen atoms in total. The second-order valence-electron chi connectivity index (χ2n) is 9.07. The predicted molar refractivity (Wildman–Crippen MR) is 106 cm³/mol. The fourth-order valence-corrected chi connectivity index (χ4v) is 4.94. The number of nitrogens with zero attached hydrogens (tertiary/aromatic N) is 3. The maximum Gasteiger partial charge on any atom is 0.349 e. The molecule has 1 aromatic heterocycles. The van der Waals surface area contributed by atoms with E-state index in [0.29, 0.717) is 13.1 Å². The Balaban J connectivity index is 1.34. The third kappa shape index (κ3) is 3.06. The molecule has 1 spiro atoms.